The minimum absolute atomic E-state index is 0.0331. The number of nitrogens with zero attached hydrogens (tertiary/aromatic N) is 2. The summed E-state index contributed by atoms with van der Waals surface area (Å²) in [5, 5.41) is 4.70. The number of amides is 2. The van der Waals surface area contributed by atoms with Crippen molar-refractivity contribution in [3.63, 3.8) is 0 Å². The quantitative estimate of drug-likeness (QED) is 0.694. The first-order valence-electron chi connectivity index (χ1n) is 9.00. The second-order valence-corrected chi connectivity index (χ2v) is 7.56. The van der Waals surface area contributed by atoms with Crippen LogP contribution in [0.2, 0.25) is 0 Å². The number of anilines is 2. The summed E-state index contributed by atoms with van der Waals surface area (Å²) in [6.45, 7) is 2.07. The number of carbonyl (C=O) groups is 2. The first-order valence-corrected chi connectivity index (χ1v) is 9.88. The molecule has 1 N–H and O–H groups in total. The van der Waals surface area contributed by atoms with Crippen molar-refractivity contribution in [2.75, 3.05) is 16.8 Å². The van der Waals surface area contributed by atoms with Crippen LogP contribution in [0.5, 0.6) is 0 Å². The fourth-order valence-electron chi connectivity index (χ4n) is 3.35. The van der Waals surface area contributed by atoms with Gasteiger partial charge in [-0.05, 0) is 31.9 Å². The lowest BCUT2D eigenvalue weighted by atomic mass is 10.0. The van der Waals surface area contributed by atoms with Crippen molar-refractivity contribution in [1.82, 2.24) is 4.98 Å². The van der Waals surface area contributed by atoms with Gasteiger partial charge < -0.3 is 9.32 Å². The summed E-state index contributed by atoms with van der Waals surface area (Å²) in [7, 11) is 0. The summed E-state index contributed by atoms with van der Waals surface area (Å²) in [5.74, 6) is -1.50. The summed E-state index contributed by atoms with van der Waals surface area (Å²) in [6, 6.07) is 3.59. The zero-order valence-electron chi connectivity index (χ0n) is 15.5. The van der Waals surface area contributed by atoms with E-state index in [1.807, 2.05) is 0 Å². The third kappa shape index (κ3) is 3.91. The molecule has 3 aromatic rings. The van der Waals surface area contributed by atoms with E-state index in [0.717, 1.165) is 6.07 Å². The van der Waals surface area contributed by atoms with Gasteiger partial charge in [0.05, 0.1) is 29.6 Å². The van der Waals surface area contributed by atoms with Crippen molar-refractivity contribution in [3.8, 4) is 0 Å². The monoisotopic (exact) mass is 417 g/mol. The second kappa shape index (κ2) is 7.75. The molecule has 0 unspecified atom stereocenters. The van der Waals surface area contributed by atoms with Crippen LogP contribution in [0.4, 0.5) is 19.6 Å². The van der Waals surface area contributed by atoms with Gasteiger partial charge in [-0.15, -0.1) is 11.3 Å². The zero-order valence-corrected chi connectivity index (χ0v) is 16.3. The van der Waals surface area contributed by atoms with Gasteiger partial charge in [-0.25, -0.2) is 13.8 Å². The highest BCUT2D eigenvalue weighted by Crippen LogP contribution is 2.31. The number of rotatable bonds is 4. The van der Waals surface area contributed by atoms with E-state index in [-0.39, 0.29) is 23.9 Å². The Bertz CT molecular complexity index is 1090. The summed E-state index contributed by atoms with van der Waals surface area (Å²) in [6.07, 6.45) is 2.46. The first kappa shape index (κ1) is 19.3. The Labute approximate surface area is 169 Å². The van der Waals surface area contributed by atoms with Crippen LogP contribution >= 0.6 is 11.3 Å². The molecule has 0 spiro atoms. The average molecular weight is 417 g/mol. The number of nitrogens with one attached hydrogen (secondary N) is 1. The van der Waals surface area contributed by atoms with Crippen molar-refractivity contribution >= 4 is 34.0 Å². The number of halogens is 2. The van der Waals surface area contributed by atoms with Gasteiger partial charge in [0, 0.05) is 23.6 Å². The molecule has 150 valence electrons. The Hall–Kier alpha value is -3.07. The summed E-state index contributed by atoms with van der Waals surface area (Å²) in [4.78, 5) is 30.7. The molecule has 3 heterocycles. The highest BCUT2D eigenvalue weighted by atomic mass is 32.1. The lowest BCUT2D eigenvalue weighted by Gasteiger charge is -2.29. The molecule has 9 heteroatoms. The molecule has 1 aliphatic rings. The lowest BCUT2D eigenvalue weighted by molar-refractivity contribution is -0.118. The highest BCUT2D eigenvalue weighted by molar-refractivity contribution is 7.14. The third-order valence-corrected chi connectivity index (χ3v) is 5.55. The molecule has 0 saturated carbocycles. The Morgan fingerprint density at radius 2 is 2.17 bits per heavy atom. The molecular formula is C20H17F2N3O3S. The molecule has 1 aliphatic heterocycles. The number of fused-ring (bicyclic) bond motifs is 1. The largest absolute Gasteiger partial charge is 0.469 e. The van der Waals surface area contributed by atoms with Crippen LogP contribution in [-0.2, 0) is 17.6 Å². The molecule has 0 bridgehead atoms. The van der Waals surface area contributed by atoms with Crippen molar-refractivity contribution < 1.29 is 22.8 Å². The Balaban J connectivity index is 1.47. The predicted molar refractivity (Wildman–Crippen MR) is 104 cm³/mol. The van der Waals surface area contributed by atoms with Crippen LogP contribution in [0.25, 0.3) is 0 Å². The Morgan fingerprint density at radius 1 is 1.34 bits per heavy atom. The van der Waals surface area contributed by atoms with E-state index in [1.54, 1.807) is 18.4 Å². The summed E-state index contributed by atoms with van der Waals surface area (Å²) in [5.41, 5.74) is 1.51. The number of furan rings is 1. The predicted octanol–water partition coefficient (Wildman–Crippen LogP) is 4.10. The number of hydrogen-bond donors (Lipinski definition) is 1. The van der Waals surface area contributed by atoms with Gasteiger partial charge in [-0.2, -0.15) is 0 Å². The van der Waals surface area contributed by atoms with Crippen molar-refractivity contribution in [2.45, 2.75) is 26.2 Å². The maximum absolute atomic E-state index is 14.0. The molecule has 4 rings (SSSR count). The summed E-state index contributed by atoms with van der Waals surface area (Å²) < 4.78 is 32.8. The fraction of sp³-hybridized carbons (Fsp3) is 0.250. The number of benzene rings is 1. The van der Waals surface area contributed by atoms with E-state index < -0.39 is 11.6 Å². The summed E-state index contributed by atoms with van der Waals surface area (Å²) >= 11 is 1.20. The maximum Gasteiger partial charge on any atom is 0.260 e. The van der Waals surface area contributed by atoms with E-state index in [0.29, 0.717) is 47.1 Å². The third-order valence-electron chi connectivity index (χ3n) is 4.75. The number of aromatic nitrogens is 1. The Kier molecular flexibility index (Phi) is 5.14. The van der Waals surface area contributed by atoms with Crippen LogP contribution in [-0.4, -0.2) is 23.3 Å². The highest BCUT2D eigenvalue weighted by Gasteiger charge is 2.26. The van der Waals surface area contributed by atoms with E-state index in [1.165, 1.54) is 28.6 Å². The van der Waals surface area contributed by atoms with E-state index in [9.17, 15) is 18.4 Å². The van der Waals surface area contributed by atoms with Gasteiger partial charge in [-0.1, -0.05) is 0 Å². The minimum atomic E-state index is -0.714. The van der Waals surface area contributed by atoms with Crippen molar-refractivity contribution in [3.05, 3.63) is 64.1 Å². The fourth-order valence-corrected chi connectivity index (χ4v) is 4.06. The van der Waals surface area contributed by atoms with Crippen LogP contribution < -0.4 is 10.2 Å². The van der Waals surface area contributed by atoms with Gasteiger partial charge in [0.2, 0.25) is 5.91 Å². The molecule has 1 aromatic carbocycles. The van der Waals surface area contributed by atoms with Crippen molar-refractivity contribution in [2.24, 2.45) is 0 Å². The second-order valence-electron chi connectivity index (χ2n) is 6.70. The molecule has 0 aliphatic carbocycles. The van der Waals surface area contributed by atoms with E-state index in [4.69, 9.17) is 4.42 Å². The molecule has 2 aromatic heterocycles. The number of carbonyl (C=O) groups excluding carboxylic acids is 2. The van der Waals surface area contributed by atoms with Crippen LogP contribution in [0.1, 0.15) is 33.8 Å². The smallest absolute Gasteiger partial charge is 0.260 e. The first-order chi connectivity index (χ1) is 13.9. The standard InChI is InChI=1S/C20H17F2N3O3S/c1-11-14(4-6-28-11)19(27)24-20-23-13(10-29-20)9-18(26)25-5-2-3-15-16(22)7-12(21)8-17(15)25/h4,6-8,10H,2-3,5,9H2,1H3,(H,23,24,27). The molecule has 0 atom stereocenters. The average Bonchev–Trinajstić information content (AvgIpc) is 3.29. The number of aryl methyl sites for hydroxylation is 1. The van der Waals surface area contributed by atoms with E-state index >= 15 is 0 Å². The van der Waals surface area contributed by atoms with Gasteiger partial charge in [-0.3, -0.25) is 14.9 Å². The van der Waals surface area contributed by atoms with Crippen LogP contribution in [0, 0.1) is 18.6 Å². The molecule has 0 saturated heterocycles. The van der Waals surface area contributed by atoms with E-state index in [2.05, 4.69) is 10.3 Å². The molecule has 2 amide bonds. The van der Waals surface area contributed by atoms with Gasteiger partial charge in [0.25, 0.3) is 5.91 Å². The normalized spacial score (nSPS) is 13.3. The number of hydrogen-bond acceptors (Lipinski definition) is 5. The SMILES string of the molecule is Cc1occc1C(=O)Nc1nc(CC(=O)N2CCCc3c(F)cc(F)cc32)cs1. The minimum Gasteiger partial charge on any atom is -0.469 e. The van der Waals surface area contributed by atoms with Gasteiger partial charge >= 0.3 is 0 Å². The molecular weight excluding hydrogens is 400 g/mol. The molecule has 29 heavy (non-hydrogen) atoms. The Morgan fingerprint density at radius 3 is 2.93 bits per heavy atom. The maximum atomic E-state index is 14.0. The number of thiazole rings is 1. The zero-order chi connectivity index (χ0) is 20.5. The van der Waals surface area contributed by atoms with Gasteiger partial charge in [0.1, 0.15) is 17.4 Å². The van der Waals surface area contributed by atoms with Crippen molar-refractivity contribution in [1.29, 1.82) is 0 Å². The molecule has 0 fully saturated rings. The molecule has 0 radical (unpaired) electrons. The van der Waals surface area contributed by atoms with Gasteiger partial charge in [0.15, 0.2) is 5.13 Å². The van der Waals surface area contributed by atoms with Crippen LogP contribution in [0.3, 0.4) is 0 Å². The molecule has 6 nitrogen and oxygen atoms in total. The topological polar surface area (TPSA) is 75.4 Å². The van der Waals surface area contributed by atoms with Crippen LogP contribution in [0.15, 0.2) is 34.3 Å². The lowest BCUT2D eigenvalue weighted by Crippen LogP contribution is -2.37.